The lowest BCUT2D eigenvalue weighted by Gasteiger charge is -2.36. The second-order valence-electron chi connectivity index (χ2n) is 7.86. The zero-order valence-corrected chi connectivity index (χ0v) is 19.5. The van der Waals surface area contributed by atoms with Gasteiger partial charge in [0.05, 0.1) is 10.7 Å². The van der Waals surface area contributed by atoms with Gasteiger partial charge in [-0.2, -0.15) is 0 Å². The summed E-state index contributed by atoms with van der Waals surface area (Å²) in [6.45, 7) is 8.23. The molecule has 0 spiro atoms. The third kappa shape index (κ3) is 5.74. The molecule has 0 atom stereocenters. The minimum Gasteiger partial charge on any atom is -0.367 e. The molecule has 0 radical (unpaired) electrons. The summed E-state index contributed by atoms with van der Waals surface area (Å²) >= 11 is 11.7. The van der Waals surface area contributed by atoms with E-state index in [2.05, 4.69) is 15.5 Å². The molecule has 6 nitrogen and oxygen atoms in total. The fourth-order valence-electron chi connectivity index (χ4n) is 3.39. The van der Waals surface area contributed by atoms with Gasteiger partial charge in [0.15, 0.2) is 5.11 Å². The number of thiocarbonyl (C=S) groups is 1. The summed E-state index contributed by atoms with van der Waals surface area (Å²) in [5.74, 6) is -0.222. The van der Waals surface area contributed by atoms with Gasteiger partial charge in [0.25, 0.3) is 5.91 Å². The van der Waals surface area contributed by atoms with Crippen LogP contribution in [-0.4, -0.2) is 48.0 Å². The van der Waals surface area contributed by atoms with E-state index in [1.807, 2.05) is 48.2 Å². The van der Waals surface area contributed by atoms with Crippen molar-refractivity contribution in [2.24, 2.45) is 5.92 Å². The molecule has 0 aliphatic carbocycles. The molecule has 1 fully saturated rings. The van der Waals surface area contributed by atoms with Crippen LogP contribution in [0.5, 0.6) is 0 Å². The molecule has 2 amide bonds. The van der Waals surface area contributed by atoms with Gasteiger partial charge in [0.2, 0.25) is 5.91 Å². The molecule has 0 unspecified atom stereocenters. The molecule has 1 saturated heterocycles. The lowest BCUT2D eigenvalue weighted by Crippen LogP contribution is -2.49. The second-order valence-corrected chi connectivity index (χ2v) is 8.67. The Morgan fingerprint density at radius 2 is 1.74 bits per heavy atom. The third-order valence-corrected chi connectivity index (χ3v) is 5.76. The quantitative estimate of drug-likeness (QED) is 0.676. The van der Waals surface area contributed by atoms with Crippen molar-refractivity contribution in [3.8, 4) is 0 Å². The van der Waals surface area contributed by atoms with Crippen LogP contribution in [-0.2, 0) is 4.79 Å². The maximum Gasteiger partial charge on any atom is 0.254 e. The highest BCUT2D eigenvalue weighted by Crippen LogP contribution is 2.30. The molecule has 0 bridgehead atoms. The van der Waals surface area contributed by atoms with E-state index < -0.39 is 0 Å². The molecule has 0 aromatic heterocycles. The van der Waals surface area contributed by atoms with Crippen LogP contribution in [0.4, 0.5) is 11.4 Å². The average Bonchev–Trinajstić information content (AvgIpc) is 2.74. The number of anilines is 2. The summed E-state index contributed by atoms with van der Waals surface area (Å²) in [5.41, 5.74) is 3.36. The lowest BCUT2D eigenvalue weighted by atomic mass is 10.1. The van der Waals surface area contributed by atoms with E-state index >= 15 is 0 Å². The zero-order valence-electron chi connectivity index (χ0n) is 17.9. The number of carbonyl (C=O) groups is 2. The Balaban J connectivity index is 1.59. The predicted octanol–water partition coefficient (Wildman–Crippen LogP) is 4.08. The van der Waals surface area contributed by atoms with Crippen molar-refractivity contribution in [1.29, 1.82) is 0 Å². The van der Waals surface area contributed by atoms with Gasteiger partial charge < -0.3 is 20.4 Å². The summed E-state index contributed by atoms with van der Waals surface area (Å²) in [4.78, 5) is 28.6. The molecule has 0 saturated carbocycles. The standard InChI is InChI=1S/C23H27ClN4O2S/c1-15(2)21(29)26-23(31)25-17-8-9-20(19(24)14-17)27-10-12-28(13-11-27)22(30)18-7-5-4-6-16(18)3/h4-9,14-15H,10-13H2,1-3H3,(H2,25,26,29,31). The van der Waals surface area contributed by atoms with Crippen molar-refractivity contribution < 1.29 is 9.59 Å². The van der Waals surface area contributed by atoms with E-state index in [-0.39, 0.29) is 22.8 Å². The van der Waals surface area contributed by atoms with E-state index in [0.717, 1.165) is 16.8 Å². The molecule has 164 valence electrons. The smallest absolute Gasteiger partial charge is 0.254 e. The molecule has 2 aromatic rings. The monoisotopic (exact) mass is 458 g/mol. The normalized spacial score (nSPS) is 13.8. The van der Waals surface area contributed by atoms with E-state index in [1.54, 1.807) is 19.9 Å². The van der Waals surface area contributed by atoms with Gasteiger partial charge in [-0.15, -0.1) is 0 Å². The fraction of sp³-hybridized carbons (Fsp3) is 0.348. The van der Waals surface area contributed by atoms with Crippen molar-refractivity contribution in [3.05, 3.63) is 58.6 Å². The van der Waals surface area contributed by atoms with Gasteiger partial charge in [0, 0.05) is 43.3 Å². The molecule has 1 heterocycles. The SMILES string of the molecule is Cc1ccccc1C(=O)N1CCN(c2ccc(NC(=S)NC(=O)C(C)C)cc2Cl)CC1. The number of carbonyl (C=O) groups excluding carboxylic acids is 2. The fourth-order valence-corrected chi connectivity index (χ4v) is 3.91. The van der Waals surface area contributed by atoms with E-state index in [9.17, 15) is 9.59 Å². The van der Waals surface area contributed by atoms with Crippen LogP contribution < -0.4 is 15.5 Å². The average molecular weight is 459 g/mol. The van der Waals surface area contributed by atoms with Gasteiger partial charge in [-0.3, -0.25) is 9.59 Å². The summed E-state index contributed by atoms with van der Waals surface area (Å²) in [5, 5.41) is 6.46. The lowest BCUT2D eigenvalue weighted by molar-refractivity contribution is -0.122. The number of rotatable bonds is 4. The summed E-state index contributed by atoms with van der Waals surface area (Å²) in [6.07, 6.45) is 0. The summed E-state index contributed by atoms with van der Waals surface area (Å²) < 4.78 is 0. The van der Waals surface area contributed by atoms with Gasteiger partial charge in [-0.25, -0.2) is 0 Å². The van der Waals surface area contributed by atoms with Crippen LogP contribution in [0.1, 0.15) is 29.8 Å². The van der Waals surface area contributed by atoms with E-state index in [0.29, 0.717) is 36.9 Å². The maximum atomic E-state index is 12.8. The molecular weight excluding hydrogens is 432 g/mol. The first-order chi connectivity index (χ1) is 14.8. The third-order valence-electron chi connectivity index (χ3n) is 5.25. The van der Waals surface area contributed by atoms with Gasteiger partial charge >= 0.3 is 0 Å². The van der Waals surface area contributed by atoms with Crippen molar-refractivity contribution in [1.82, 2.24) is 10.2 Å². The second kappa shape index (κ2) is 10.1. The number of amides is 2. The highest BCUT2D eigenvalue weighted by Gasteiger charge is 2.24. The molecule has 2 N–H and O–H groups in total. The Kier molecular flexibility index (Phi) is 7.51. The van der Waals surface area contributed by atoms with Crippen molar-refractivity contribution in [3.63, 3.8) is 0 Å². The van der Waals surface area contributed by atoms with Gasteiger partial charge in [0.1, 0.15) is 0 Å². The first kappa shape index (κ1) is 23.0. The van der Waals surface area contributed by atoms with Crippen LogP contribution in [0.2, 0.25) is 5.02 Å². The highest BCUT2D eigenvalue weighted by molar-refractivity contribution is 7.80. The first-order valence-corrected chi connectivity index (χ1v) is 11.1. The summed E-state index contributed by atoms with van der Waals surface area (Å²) in [6, 6.07) is 13.3. The Morgan fingerprint density at radius 3 is 2.35 bits per heavy atom. The van der Waals surface area contributed by atoms with Crippen molar-refractivity contribution >= 4 is 52.1 Å². The molecule has 8 heteroatoms. The Morgan fingerprint density at radius 1 is 1.06 bits per heavy atom. The molecule has 2 aromatic carbocycles. The Bertz CT molecular complexity index is 987. The number of hydrogen-bond acceptors (Lipinski definition) is 4. The van der Waals surface area contributed by atoms with Crippen LogP contribution in [0.15, 0.2) is 42.5 Å². The molecule has 1 aliphatic heterocycles. The Labute approximate surface area is 193 Å². The van der Waals surface area contributed by atoms with E-state index in [4.69, 9.17) is 23.8 Å². The highest BCUT2D eigenvalue weighted by atomic mass is 35.5. The largest absolute Gasteiger partial charge is 0.367 e. The maximum absolute atomic E-state index is 12.8. The Hall–Kier alpha value is -2.64. The minimum absolute atomic E-state index is 0.0698. The zero-order chi connectivity index (χ0) is 22.5. The van der Waals surface area contributed by atoms with Gasteiger partial charge in [-0.1, -0.05) is 43.6 Å². The molecule has 3 rings (SSSR count). The van der Waals surface area contributed by atoms with Crippen molar-refractivity contribution in [2.45, 2.75) is 20.8 Å². The number of benzene rings is 2. The molecule has 1 aliphatic rings. The number of nitrogens with zero attached hydrogens (tertiary/aromatic N) is 2. The number of hydrogen-bond donors (Lipinski definition) is 2. The summed E-state index contributed by atoms with van der Waals surface area (Å²) in [7, 11) is 0. The van der Waals surface area contributed by atoms with Crippen LogP contribution in [0.3, 0.4) is 0 Å². The van der Waals surface area contributed by atoms with Crippen molar-refractivity contribution in [2.75, 3.05) is 36.4 Å². The first-order valence-electron chi connectivity index (χ1n) is 10.3. The van der Waals surface area contributed by atoms with Crippen LogP contribution in [0.25, 0.3) is 0 Å². The number of aryl methyl sites for hydroxylation is 1. The van der Waals surface area contributed by atoms with E-state index in [1.165, 1.54) is 0 Å². The minimum atomic E-state index is -0.151. The van der Waals surface area contributed by atoms with Crippen LogP contribution >= 0.6 is 23.8 Å². The van der Waals surface area contributed by atoms with Crippen LogP contribution in [0, 0.1) is 12.8 Å². The topological polar surface area (TPSA) is 64.7 Å². The number of nitrogens with one attached hydrogen (secondary N) is 2. The number of halogens is 1. The molecule has 31 heavy (non-hydrogen) atoms. The number of piperazine rings is 1. The predicted molar refractivity (Wildman–Crippen MR) is 130 cm³/mol. The molecular formula is C23H27ClN4O2S. The van der Waals surface area contributed by atoms with Gasteiger partial charge in [-0.05, 0) is 49.0 Å².